The van der Waals surface area contributed by atoms with Crippen LogP contribution < -0.4 is 10.1 Å². The predicted octanol–water partition coefficient (Wildman–Crippen LogP) is 3.03. The first kappa shape index (κ1) is 15.6. The van der Waals surface area contributed by atoms with Gasteiger partial charge in [0.25, 0.3) is 0 Å². The van der Waals surface area contributed by atoms with Crippen molar-refractivity contribution in [3.63, 3.8) is 0 Å². The van der Waals surface area contributed by atoms with Crippen molar-refractivity contribution in [2.45, 2.75) is 26.6 Å². The number of hydrogen-bond acceptors (Lipinski definition) is 4. The maximum atomic E-state index is 5.82. The minimum Gasteiger partial charge on any atom is -0.496 e. The van der Waals surface area contributed by atoms with E-state index in [1.807, 2.05) is 30.3 Å². The largest absolute Gasteiger partial charge is 0.496 e. The highest BCUT2D eigenvalue weighted by atomic mass is 16.5. The Morgan fingerprint density at radius 2 is 1.86 bits per heavy atom. The monoisotopic (exact) mass is 288 g/mol. The van der Waals surface area contributed by atoms with Crippen LogP contribution in [0.25, 0.3) is 0 Å². The zero-order valence-electron chi connectivity index (χ0n) is 13.1. The molecule has 2 rings (SSSR count). The van der Waals surface area contributed by atoms with Crippen LogP contribution in [0.15, 0.2) is 40.8 Å². The van der Waals surface area contributed by atoms with Gasteiger partial charge < -0.3 is 14.5 Å². The molecule has 0 bridgehead atoms. The van der Waals surface area contributed by atoms with Crippen molar-refractivity contribution in [1.82, 2.24) is 10.2 Å². The molecule has 0 atom stereocenters. The van der Waals surface area contributed by atoms with Crippen LogP contribution in [0.1, 0.15) is 24.0 Å². The van der Waals surface area contributed by atoms with Gasteiger partial charge >= 0.3 is 0 Å². The van der Waals surface area contributed by atoms with Crippen LogP contribution in [0, 0.1) is 0 Å². The molecule has 21 heavy (non-hydrogen) atoms. The number of rotatable bonds is 8. The van der Waals surface area contributed by atoms with Gasteiger partial charge in [0.2, 0.25) is 0 Å². The van der Waals surface area contributed by atoms with Gasteiger partial charge in [-0.3, -0.25) is 4.90 Å². The maximum absolute atomic E-state index is 5.82. The highest BCUT2D eigenvalue weighted by Gasteiger charge is 2.08. The normalized spacial score (nSPS) is 11.0. The summed E-state index contributed by atoms with van der Waals surface area (Å²) in [4.78, 5) is 2.22. The van der Waals surface area contributed by atoms with Crippen molar-refractivity contribution >= 4 is 0 Å². The van der Waals surface area contributed by atoms with Gasteiger partial charge in [-0.2, -0.15) is 0 Å². The van der Waals surface area contributed by atoms with Crippen molar-refractivity contribution in [3.8, 4) is 5.75 Å². The Morgan fingerprint density at radius 3 is 2.62 bits per heavy atom. The van der Waals surface area contributed by atoms with E-state index in [0.29, 0.717) is 0 Å². The Hall–Kier alpha value is -1.78. The fourth-order valence-corrected chi connectivity index (χ4v) is 2.30. The average molecular weight is 288 g/mol. The average Bonchev–Trinajstić information content (AvgIpc) is 2.93. The van der Waals surface area contributed by atoms with Crippen molar-refractivity contribution in [1.29, 1.82) is 0 Å². The molecule has 2 aromatic rings. The smallest absolute Gasteiger partial charge is 0.123 e. The van der Waals surface area contributed by atoms with Crippen LogP contribution in [-0.4, -0.2) is 25.6 Å². The molecule has 0 aliphatic rings. The molecular formula is C17H24N2O2. The molecule has 1 aromatic carbocycles. The number of ether oxygens (including phenoxy) is 1. The summed E-state index contributed by atoms with van der Waals surface area (Å²) in [6.45, 7) is 5.43. The van der Waals surface area contributed by atoms with Gasteiger partial charge in [0.1, 0.15) is 17.3 Å². The van der Waals surface area contributed by atoms with Crippen LogP contribution in [0.5, 0.6) is 5.75 Å². The second-order valence-corrected chi connectivity index (χ2v) is 5.13. The van der Waals surface area contributed by atoms with E-state index in [2.05, 4.69) is 30.3 Å². The summed E-state index contributed by atoms with van der Waals surface area (Å²) in [6, 6.07) is 12.2. The lowest BCUT2D eigenvalue weighted by molar-refractivity contribution is 0.278. The number of hydrogen-bond donors (Lipinski definition) is 1. The molecule has 0 spiro atoms. The molecule has 0 radical (unpaired) electrons. The molecular weight excluding hydrogens is 264 g/mol. The number of para-hydroxylation sites is 1. The summed E-state index contributed by atoms with van der Waals surface area (Å²) in [5.74, 6) is 2.90. The van der Waals surface area contributed by atoms with Gasteiger partial charge in [0, 0.05) is 12.1 Å². The van der Waals surface area contributed by atoms with Crippen LogP contribution in [0.3, 0.4) is 0 Å². The number of furan rings is 1. The predicted molar refractivity (Wildman–Crippen MR) is 84.3 cm³/mol. The quantitative estimate of drug-likeness (QED) is 0.810. The van der Waals surface area contributed by atoms with Crippen molar-refractivity contribution in [3.05, 3.63) is 53.5 Å². The van der Waals surface area contributed by atoms with Gasteiger partial charge in [-0.25, -0.2) is 0 Å². The fraction of sp³-hybridized carbons (Fsp3) is 0.412. The van der Waals surface area contributed by atoms with E-state index >= 15 is 0 Å². The lowest BCUT2D eigenvalue weighted by atomic mass is 10.2. The maximum Gasteiger partial charge on any atom is 0.123 e. The molecule has 0 aliphatic heterocycles. The molecule has 1 N–H and O–H groups in total. The Bertz CT molecular complexity index is 551. The number of nitrogens with one attached hydrogen (secondary N) is 1. The summed E-state index contributed by atoms with van der Waals surface area (Å²) >= 11 is 0. The zero-order valence-corrected chi connectivity index (χ0v) is 13.1. The third-order valence-electron chi connectivity index (χ3n) is 3.33. The Morgan fingerprint density at radius 1 is 1.10 bits per heavy atom. The third-order valence-corrected chi connectivity index (χ3v) is 3.33. The van der Waals surface area contributed by atoms with Gasteiger partial charge in [-0.05, 0) is 31.8 Å². The Balaban J connectivity index is 1.92. The molecule has 0 aliphatic carbocycles. The Kier molecular flexibility index (Phi) is 5.84. The van der Waals surface area contributed by atoms with Gasteiger partial charge in [-0.1, -0.05) is 25.1 Å². The molecule has 0 fully saturated rings. The van der Waals surface area contributed by atoms with Gasteiger partial charge in [-0.15, -0.1) is 0 Å². The van der Waals surface area contributed by atoms with Crippen molar-refractivity contribution in [2.24, 2.45) is 0 Å². The van der Waals surface area contributed by atoms with E-state index in [4.69, 9.17) is 9.15 Å². The summed E-state index contributed by atoms with van der Waals surface area (Å²) < 4.78 is 11.2. The van der Waals surface area contributed by atoms with E-state index in [1.54, 1.807) is 7.11 Å². The third kappa shape index (κ3) is 4.62. The summed E-state index contributed by atoms with van der Waals surface area (Å²) in [5.41, 5.74) is 1.18. The SMILES string of the molecule is CCNCc1ccc(CN(C)Cc2ccccc2OC)o1. The standard InChI is InChI=1S/C17H24N2O2/c1-4-18-11-15-9-10-16(21-15)13-19(2)12-14-7-5-6-8-17(14)20-3/h5-10,18H,4,11-13H2,1-3H3. The van der Waals surface area contributed by atoms with E-state index < -0.39 is 0 Å². The molecule has 1 heterocycles. The second-order valence-electron chi connectivity index (χ2n) is 5.13. The number of methoxy groups -OCH3 is 1. The van der Waals surface area contributed by atoms with Gasteiger partial charge in [0.05, 0.1) is 20.2 Å². The lowest BCUT2D eigenvalue weighted by Crippen LogP contribution is -2.17. The number of nitrogens with zero attached hydrogens (tertiary/aromatic N) is 1. The minimum absolute atomic E-state index is 0.782. The molecule has 0 saturated carbocycles. The van der Waals surface area contributed by atoms with E-state index in [0.717, 1.165) is 43.4 Å². The lowest BCUT2D eigenvalue weighted by Gasteiger charge is -2.17. The minimum atomic E-state index is 0.782. The molecule has 0 saturated heterocycles. The first-order chi connectivity index (χ1) is 10.2. The molecule has 4 heteroatoms. The molecule has 0 amide bonds. The first-order valence-electron chi connectivity index (χ1n) is 7.31. The van der Waals surface area contributed by atoms with Crippen LogP contribution in [-0.2, 0) is 19.6 Å². The van der Waals surface area contributed by atoms with E-state index in [9.17, 15) is 0 Å². The second kappa shape index (κ2) is 7.86. The van der Waals surface area contributed by atoms with E-state index in [1.165, 1.54) is 5.56 Å². The molecule has 4 nitrogen and oxygen atoms in total. The summed E-state index contributed by atoms with van der Waals surface area (Å²) in [7, 11) is 3.79. The topological polar surface area (TPSA) is 37.6 Å². The first-order valence-corrected chi connectivity index (χ1v) is 7.31. The Labute approximate surface area is 126 Å². The van der Waals surface area contributed by atoms with Crippen LogP contribution in [0.4, 0.5) is 0 Å². The zero-order chi connectivity index (χ0) is 15.1. The van der Waals surface area contributed by atoms with Crippen LogP contribution >= 0.6 is 0 Å². The van der Waals surface area contributed by atoms with Crippen LogP contribution in [0.2, 0.25) is 0 Å². The highest BCUT2D eigenvalue weighted by Crippen LogP contribution is 2.20. The summed E-state index contributed by atoms with van der Waals surface area (Å²) in [5, 5.41) is 3.26. The van der Waals surface area contributed by atoms with Gasteiger partial charge in [0.15, 0.2) is 0 Å². The van der Waals surface area contributed by atoms with E-state index in [-0.39, 0.29) is 0 Å². The summed E-state index contributed by atoms with van der Waals surface area (Å²) in [6.07, 6.45) is 0. The van der Waals surface area contributed by atoms with Crippen molar-refractivity contribution < 1.29 is 9.15 Å². The number of benzene rings is 1. The molecule has 0 unspecified atom stereocenters. The highest BCUT2D eigenvalue weighted by molar-refractivity contribution is 5.33. The molecule has 114 valence electrons. The fourth-order valence-electron chi connectivity index (χ4n) is 2.30. The van der Waals surface area contributed by atoms with Crippen molar-refractivity contribution in [2.75, 3.05) is 20.7 Å². The molecule has 1 aromatic heterocycles.